The van der Waals surface area contributed by atoms with E-state index in [0.717, 1.165) is 18.3 Å². The Hall–Kier alpha value is -0.590. The topological polar surface area (TPSA) is 17.1 Å². The van der Waals surface area contributed by atoms with Crippen molar-refractivity contribution >= 4 is 5.78 Å². The molecule has 13 heavy (non-hydrogen) atoms. The maximum Gasteiger partial charge on any atom is 0.137 e. The van der Waals surface area contributed by atoms with Crippen LogP contribution >= 0.6 is 0 Å². The molecule has 4 aliphatic carbocycles. The van der Waals surface area contributed by atoms with E-state index in [1.165, 1.54) is 0 Å². The van der Waals surface area contributed by atoms with Crippen LogP contribution in [0, 0.1) is 35.5 Å². The number of carbonyl (C=O) groups is 1. The van der Waals surface area contributed by atoms with E-state index < -0.39 is 0 Å². The first kappa shape index (κ1) is 7.78. The number of rotatable bonds is 0. The van der Waals surface area contributed by atoms with Gasteiger partial charge < -0.3 is 0 Å². The zero-order chi connectivity index (χ0) is 9.16. The monoisotopic (exact) mass is 176 g/mol. The smallest absolute Gasteiger partial charge is 0.137 e. The molecule has 0 heterocycles. The van der Waals surface area contributed by atoms with Crippen molar-refractivity contribution in [3.63, 3.8) is 0 Å². The molecule has 2 saturated carbocycles. The van der Waals surface area contributed by atoms with Crippen LogP contribution in [0.5, 0.6) is 0 Å². The maximum absolute atomic E-state index is 11.5. The van der Waals surface area contributed by atoms with Gasteiger partial charge in [0.05, 0.1) is 0 Å². The van der Waals surface area contributed by atoms with Crippen LogP contribution in [0.2, 0.25) is 0 Å². The summed E-state index contributed by atoms with van der Waals surface area (Å²) in [7, 11) is 0. The van der Waals surface area contributed by atoms with Gasteiger partial charge in [0, 0.05) is 12.3 Å². The Morgan fingerprint density at radius 1 is 1.15 bits per heavy atom. The molecular weight excluding hydrogens is 160 g/mol. The second kappa shape index (κ2) is 2.26. The summed E-state index contributed by atoms with van der Waals surface area (Å²) >= 11 is 0. The minimum absolute atomic E-state index is 0.418. The number of carbonyl (C=O) groups excluding carboxylic acids is 1. The van der Waals surface area contributed by atoms with Gasteiger partial charge in [-0.15, -0.1) is 0 Å². The summed E-state index contributed by atoms with van der Waals surface area (Å²) in [6.07, 6.45) is 5.56. The number of ketones is 1. The number of hydrogen-bond acceptors (Lipinski definition) is 1. The fourth-order valence-electron chi connectivity index (χ4n) is 3.74. The van der Waals surface area contributed by atoms with Gasteiger partial charge in [0.2, 0.25) is 0 Å². The molecule has 0 aromatic carbocycles. The molecule has 0 aliphatic heterocycles. The van der Waals surface area contributed by atoms with E-state index in [9.17, 15) is 4.79 Å². The lowest BCUT2D eigenvalue weighted by Gasteiger charge is -2.56. The number of fused-ring (bicyclic) bond motifs is 1. The average molecular weight is 176 g/mol. The molecule has 6 atom stereocenters. The fraction of sp³-hybridized carbons (Fsp3) is 0.750. The first-order valence-corrected chi connectivity index (χ1v) is 5.41. The summed E-state index contributed by atoms with van der Waals surface area (Å²) in [5.74, 6) is 4.47. The molecule has 0 radical (unpaired) electrons. The van der Waals surface area contributed by atoms with E-state index >= 15 is 0 Å². The van der Waals surface area contributed by atoms with Crippen LogP contribution in [0.4, 0.5) is 0 Å². The molecule has 4 rings (SSSR count). The molecular formula is C12H16O. The van der Waals surface area contributed by atoms with Gasteiger partial charge in [-0.05, 0) is 29.6 Å². The lowest BCUT2D eigenvalue weighted by molar-refractivity contribution is -0.147. The van der Waals surface area contributed by atoms with E-state index in [1.807, 2.05) is 0 Å². The van der Waals surface area contributed by atoms with Crippen LogP contribution in [0.1, 0.15) is 20.3 Å². The molecule has 0 unspecified atom stereocenters. The second-order valence-corrected chi connectivity index (χ2v) is 5.12. The average Bonchev–Trinajstić information content (AvgIpc) is 2.10. The minimum atomic E-state index is 0.418. The van der Waals surface area contributed by atoms with Gasteiger partial charge in [-0.25, -0.2) is 0 Å². The molecule has 0 N–H and O–H groups in total. The van der Waals surface area contributed by atoms with Crippen molar-refractivity contribution in [1.82, 2.24) is 0 Å². The van der Waals surface area contributed by atoms with E-state index in [1.54, 1.807) is 0 Å². The quantitative estimate of drug-likeness (QED) is 0.517. The summed E-state index contributed by atoms with van der Waals surface area (Å²) in [4.78, 5) is 11.5. The van der Waals surface area contributed by atoms with E-state index in [2.05, 4.69) is 26.0 Å². The van der Waals surface area contributed by atoms with Gasteiger partial charge >= 0.3 is 0 Å². The fourth-order valence-corrected chi connectivity index (χ4v) is 3.74. The summed E-state index contributed by atoms with van der Waals surface area (Å²) in [6, 6.07) is 0. The van der Waals surface area contributed by atoms with E-state index in [4.69, 9.17) is 0 Å². The molecule has 2 bridgehead atoms. The third-order valence-corrected chi connectivity index (χ3v) is 4.78. The standard InChI is InChI=1S/C12H16O/c1-6-7(2)9-4-3-8(6)10-5-11(13)12(9)10/h3-4,6-10,12H,5H2,1-2H3/t6-,7+,8-,9+,10-,12+/m1/s1. The summed E-state index contributed by atoms with van der Waals surface area (Å²) in [5, 5.41) is 0. The van der Waals surface area contributed by atoms with Gasteiger partial charge in [0.15, 0.2) is 0 Å². The van der Waals surface area contributed by atoms with E-state index in [0.29, 0.717) is 29.5 Å². The highest BCUT2D eigenvalue weighted by molar-refractivity contribution is 5.88. The van der Waals surface area contributed by atoms with Crippen molar-refractivity contribution < 1.29 is 4.79 Å². The van der Waals surface area contributed by atoms with Crippen molar-refractivity contribution in [2.75, 3.05) is 0 Å². The van der Waals surface area contributed by atoms with Crippen LogP contribution in [0.15, 0.2) is 12.2 Å². The van der Waals surface area contributed by atoms with Crippen molar-refractivity contribution in [3.8, 4) is 0 Å². The predicted octanol–water partition coefficient (Wildman–Crippen LogP) is 2.28. The molecule has 1 heteroatoms. The molecule has 0 saturated heterocycles. The Bertz CT molecular complexity index is 291. The van der Waals surface area contributed by atoms with Crippen molar-refractivity contribution in [1.29, 1.82) is 0 Å². The summed E-state index contributed by atoms with van der Waals surface area (Å²) < 4.78 is 0. The highest BCUT2D eigenvalue weighted by Gasteiger charge is 2.56. The molecule has 1 nitrogen and oxygen atoms in total. The zero-order valence-electron chi connectivity index (χ0n) is 8.23. The van der Waals surface area contributed by atoms with Crippen LogP contribution in [0.25, 0.3) is 0 Å². The van der Waals surface area contributed by atoms with Crippen molar-refractivity contribution in [2.45, 2.75) is 20.3 Å². The Labute approximate surface area is 79.2 Å². The lowest BCUT2D eigenvalue weighted by atomic mass is 9.47. The third-order valence-electron chi connectivity index (χ3n) is 4.78. The summed E-state index contributed by atoms with van der Waals surface area (Å²) in [6.45, 7) is 4.67. The van der Waals surface area contributed by atoms with Gasteiger partial charge in [0.1, 0.15) is 5.78 Å². The van der Waals surface area contributed by atoms with Gasteiger partial charge in [-0.1, -0.05) is 26.0 Å². The number of hydrogen-bond donors (Lipinski definition) is 0. The second-order valence-electron chi connectivity index (χ2n) is 5.12. The maximum atomic E-state index is 11.5. The lowest BCUT2D eigenvalue weighted by Crippen LogP contribution is -2.56. The SMILES string of the molecule is C[C@@H]1[C@H](C)[C@@H]2C=C[C@H]1[C@H]1CC(=O)[C@@H]21. The first-order chi connectivity index (χ1) is 6.20. The summed E-state index contributed by atoms with van der Waals surface area (Å²) in [5.41, 5.74) is 0. The molecule has 0 aromatic rings. The number of allylic oxidation sites excluding steroid dienone is 2. The molecule has 4 aliphatic rings. The Balaban J connectivity index is 2.01. The molecule has 0 aromatic heterocycles. The van der Waals surface area contributed by atoms with Gasteiger partial charge in [-0.3, -0.25) is 4.79 Å². The van der Waals surface area contributed by atoms with Crippen LogP contribution in [-0.2, 0) is 4.79 Å². The zero-order valence-corrected chi connectivity index (χ0v) is 8.23. The Morgan fingerprint density at radius 3 is 2.46 bits per heavy atom. The molecule has 0 amide bonds. The highest BCUT2D eigenvalue weighted by Crippen LogP contribution is 2.57. The van der Waals surface area contributed by atoms with Gasteiger partial charge in [-0.2, -0.15) is 0 Å². The molecule has 2 fully saturated rings. The first-order valence-electron chi connectivity index (χ1n) is 5.41. The Morgan fingerprint density at radius 2 is 1.77 bits per heavy atom. The van der Waals surface area contributed by atoms with Crippen molar-refractivity contribution in [2.24, 2.45) is 35.5 Å². The molecule has 70 valence electrons. The van der Waals surface area contributed by atoms with Crippen molar-refractivity contribution in [3.05, 3.63) is 12.2 Å². The Kier molecular flexibility index (Phi) is 1.35. The third kappa shape index (κ3) is 0.762. The van der Waals surface area contributed by atoms with Crippen LogP contribution < -0.4 is 0 Å². The largest absolute Gasteiger partial charge is 0.299 e. The van der Waals surface area contributed by atoms with Gasteiger partial charge in [0.25, 0.3) is 0 Å². The van der Waals surface area contributed by atoms with Crippen LogP contribution in [0.3, 0.4) is 0 Å². The predicted molar refractivity (Wildman–Crippen MR) is 51.1 cm³/mol. The van der Waals surface area contributed by atoms with E-state index in [-0.39, 0.29) is 0 Å². The minimum Gasteiger partial charge on any atom is -0.299 e. The van der Waals surface area contributed by atoms with Crippen LogP contribution in [-0.4, -0.2) is 5.78 Å². The highest BCUT2D eigenvalue weighted by atomic mass is 16.1. The normalized spacial score (nSPS) is 57.5. The molecule has 0 spiro atoms. The number of Topliss-reactive ketones (excluding diaryl/α,β-unsaturated/α-hetero) is 1.